The number of phenols is 1. The number of hydrogen-bond acceptors (Lipinski definition) is 3. The van der Waals surface area contributed by atoms with E-state index in [9.17, 15) is 5.11 Å². The molecule has 2 heterocycles. The van der Waals surface area contributed by atoms with Crippen LogP contribution in [0.4, 0.5) is 0 Å². The highest BCUT2D eigenvalue weighted by Gasteiger charge is 2.10. The minimum atomic E-state index is 0. The zero-order chi connectivity index (χ0) is 18.6. The van der Waals surface area contributed by atoms with Crippen LogP contribution in [0.2, 0.25) is 0 Å². The number of aryl methyl sites for hydroxylation is 1. The van der Waals surface area contributed by atoms with Crippen LogP contribution in [0, 0.1) is 6.92 Å². The number of pyridine rings is 1. The molecule has 1 aromatic heterocycles. The van der Waals surface area contributed by atoms with Crippen molar-refractivity contribution in [2.75, 3.05) is 13.1 Å². The van der Waals surface area contributed by atoms with Gasteiger partial charge in [0.05, 0.1) is 5.69 Å². The number of allylic oxidation sites excluding steroid dienone is 1. The van der Waals surface area contributed by atoms with Gasteiger partial charge in [-0.05, 0) is 42.7 Å². The molecule has 0 fully saturated rings. The number of halogens is 1. The number of para-hydroxylation sites is 1. The van der Waals surface area contributed by atoms with Crippen molar-refractivity contribution in [2.24, 2.45) is 0 Å². The van der Waals surface area contributed by atoms with Gasteiger partial charge >= 0.3 is 0 Å². The van der Waals surface area contributed by atoms with E-state index in [1.165, 1.54) is 16.7 Å². The Labute approximate surface area is 172 Å². The number of hydrogen-bond donors (Lipinski definition) is 1. The normalized spacial score (nSPS) is 14.8. The molecule has 0 unspecified atom stereocenters. The summed E-state index contributed by atoms with van der Waals surface area (Å²) in [6, 6.07) is 18.2. The third-order valence-corrected chi connectivity index (χ3v) is 5.01. The Morgan fingerprint density at radius 1 is 1.07 bits per heavy atom. The fraction of sp³-hybridized carbons (Fsp3) is 0.208. The molecule has 1 N–H and O–H groups in total. The molecule has 0 amide bonds. The minimum Gasteiger partial charge on any atom is -0.506 e. The quantitative estimate of drug-likeness (QED) is 0.635. The smallest absolute Gasteiger partial charge is 0.141 e. The largest absolute Gasteiger partial charge is 0.506 e. The molecule has 4 rings (SSSR count). The van der Waals surface area contributed by atoms with E-state index in [1.807, 2.05) is 30.3 Å². The van der Waals surface area contributed by atoms with Crippen molar-refractivity contribution < 1.29 is 5.11 Å². The summed E-state index contributed by atoms with van der Waals surface area (Å²) >= 11 is 0. The van der Waals surface area contributed by atoms with Gasteiger partial charge in [-0.1, -0.05) is 60.2 Å². The Balaban J connectivity index is 0.00000225. The van der Waals surface area contributed by atoms with Crippen molar-refractivity contribution >= 4 is 29.4 Å². The van der Waals surface area contributed by atoms with E-state index in [0.717, 1.165) is 37.1 Å². The van der Waals surface area contributed by atoms with Crippen LogP contribution in [0.25, 0.3) is 17.0 Å². The maximum atomic E-state index is 9.98. The van der Waals surface area contributed by atoms with Crippen LogP contribution in [-0.2, 0) is 6.54 Å². The molecule has 0 aliphatic carbocycles. The van der Waals surface area contributed by atoms with E-state index in [2.05, 4.69) is 53.2 Å². The van der Waals surface area contributed by atoms with Gasteiger partial charge in [-0.15, -0.1) is 12.4 Å². The first-order valence-electron chi connectivity index (χ1n) is 9.41. The number of fused-ring (bicyclic) bond motifs is 1. The summed E-state index contributed by atoms with van der Waals surface area (Å²) in [6.45, 7) is 5.18. The van der Waals surface area contributed by atoms with E-state index in [0.29, 0.717) is 5.52 Å². The van der Waals surface area contributed by atoms with E-state index in [-0.39, 0.29) is 18.2 Å². The highest BCUT2D eigenvalue weighted by molar-refractivity contribution is 5.85. The maximum absolute atomic E-state index is 9.98. The molecule has 0 atom stereocenters. The SMILES string of the molecule is Cc1cccc(CN2CC=C(/C=C/c3ccc4cccc(O)c4n3)CC2)c1.Cl. The Kier molecular flexibility index (Phi) is 6.50. The first-order chi connectivity index (χ1) is 13.2. The number of benzene rings is 2. The Bertz CT molecular complexity index is 1030. The molecule has 4 heteroatoms. The van der Waals surface area contributed by atoms with Gasteiger partial charge in [0, 0.05) is 25.0 Å². The second-order valence-electron chi connectivity index (χ2n) is 7.17. The molecular formula is C24H25ClN2O. The number of nitrogens with zero attached hydrogens (tertiary/aromatic N) is 2. The van der Waals surface area contributed by atoms with Gasteiger partial charge in [-0.25, -0.2) is 4.98 Å². The predicted molar refractivity (Wildman–Crippen MR) is 119 cm³/mol. The lowest BCUT2D eigenvalue weighted by Gasteiger charge is -2.25. The summed E-state index contributed by atoms with van der Waals surface area (Å²) in [6.07, 6.45) is 7.53. The minimum absolute atomic E-state index is 0. The average Bonchev–Trinajstić information content (AvgIpc) is 2.68. The fourth-order valence-electron chi connectivity index (χ4n) is 3.52. The van der Waals surface area contributed by atoms with Gasteiger partial charge in [0.1, 0.15) is 11.3 Å². The molecule has 0 spiro atoms. The van der Waals surface area contributed by atoms with Crippen molar-refractivity contribution in [1.82, 2.24) is 9.88 Å². The van der Waals surface area contributed by atoms with Gasteiger partial charge in [0.2, 0.25) is 0 Å². The van der Waals surface area contributed by atoms with Crippen LogP contribution in [0.1, 0.15) is 23.2 Å². The van der Waals surface area contributed by atoms with E-state index < -0.39 is 0 Å². The number of rotatable bonds is 4. The van der Waals surface area contributed by atoms with Crippen LogP contribution in [0.15, 0.2) is 72.3 Å². The van der Waals surface area contributed by atoms with Crippen molar-refractivity contribution in [1.29, 1.82) is 0 Å². The lowest BCUT2D eigenvalue weighted by Crippen LogP contribution is -2.28. The van der Waals surface area contributed by atoms with Crippen molar-refractivity contribution in [3.05, 3.63) is 89.1 Å². The molecule has 28 heavy (non-hydrogen) atoms. The summed E-state index contributed by atoms with van der Waals surface area (Å²) in [5, 5.41) is 10.9. The number of aromatic hydroxyl groups is 1. The molecule has 3 nitrogen and oxygen atoms in total. The summed E-state index contributed by atoms with van der Waals surface area (Å²) in [7, 11) is 0. The van der Waals surface area contributed by atoms with Gasteiger partial charge < -0.3 is 5.11 Å². The lowest BCUT2D eigenvalue weighted by molar-refractivity contribution is 0.287. The van der Waals surface area contributed by atoms with Crippen LogP contribution >= 0.6 is 12.4 Å². The molecular weight excluding hydrogens is 368 g/mol. The summed E-state index contributed by atoms with van der Waals surface area (Å²) < 4.78 is 0. The lowest BCUT2D eigenvalue weighted by atomic mass is 10.1. The fourth-order valence-corrected chi connectivity index (χ4v) is 3.52. The first kappa shape index (κ1) is 20.1. The molecule has 144 valence electrons. The molecule has 0 bridgehead atoms. The topological polar surface area (TPSA) is 36.4 Å². The second-order valence-corrected chi connectivity index (χ2v) is 7.17. The van der Waals surface area contributed by atoms with Crippen LogP contribution in [-0.4, -0.2) is 28.1 Å². The molecule has 1 aliphatic heterocycles. The van der Waals surface area contributed by atoms with Crippen molar-refractivity contribution in [3.8, 4) is 5.75 Å². The summed E-state index contributed by atoms with van der Waals surface area (Å²) in [5.74, 6) is 0.228. The zero-order valence-corrected chi connectivity index (χ0v) is 16.8. The maximum Gasteiger partial charge on any atom is 0.141 e. The van der Waals surface area contributed by atoms with Crippen LogP contribution in [0.5, 0.6) is 5.75 Å². The van der Waals surface area contributed by atoms with E-state index in [4.69, 9.17) is 0 Å². The van der Waals surface area contributed by atoms with Crippen molar-refractivity contribution in [3.63, 3.8) is 0 Å². The van der Waals surface area contributed by atoms with Crippen LogP contribution in [0.3, 0.4) is 0 Å². The molecule has 0 saturated carbocycles. The third kappa shape index (κ3) is 4.80. The monoisotopic (exact) mass is 392 g/mol. The van der Waals surface area contributed by atoms with Gasteiger partial charge in [0.25, 0.3) is 0 Å². The van der Waals surface area contributed by atoms with Crippen LogP contribution < -0.4 is 0 Å². The first-order valence-corrected chi connectivity index (χ1v) is 9.41. The van der Waals surface area contributed by atoms with Gasteiger partial charge in [-0.3, -0.25) is 4.90 Å². The molecule has 2 aromatic carbocycles. The molecule has 0 saturated heterocycles. The highest BCUT2D eigenvalue weighted by atomic mass is 35.5. The van der Waals surface area contributed by atoms with Crippen molar-refractivity contribution in [2.45, 2.75) is 19.9 Å². The molecule has 1 aliphatic rings. The van der Waals surface area contributed by atoms with E-state index in [1.54, 1.807) is 6.07 Å². The van der Waals surface area contributed by atoms with Gasteiger partial charge in [-0.2, -0.15) is 0 Å². The number of phenolic OH excluding ortho intramolecular Hbond substituents is 1. The predicted octanol–water partition coefficient (Wildman–Crippen LogP) is 5.52. The van der Waals surface area contributed by atoms with Gasteiger partial charge in [0.15, 0.2) is 0 Å². The molecule has 3 aromatic rings. The third-order valence-electron chi connectivity index (χ3n) is 5.01. The Morgan fingerprint density at radius 3 is 2.71 bits per heavy atom. The Morgan fingerprint density at radius 2 is 1.93 bits per heavy atom. The Hall–Kier alpha value is -2.62. The standard InChI is InChI=1S/C24H24N2O.ClH/c1-18-4-2-5-20(16-18)17-26-14-12-19(13-15-26)8-10-22-11-9-21-6-3-7-23(27)24(21)25-22;/h2-12,16,27H,13-15,17H2,1H3;1H/b10-8+;. The zero-order valence-electron chi connectivity index (χ0n) is 16.0. The highest BCUT2D eigenvalue weighted by Crippen LogP contribution is 2.23. The summed E-state index contributed by atoms with van der Waals surface area (Å²) in [5.41, 5.74) is 5.56. The average molecular weight is 393 g/mol. The molecule has 0 radical (unpaired) electrons. The number of aromatic nitrogens is 1. The van der Waals surface area contributed by atoms with E-state index >= 15 is 0 Å². The summed E-state index contributed by atoms with van der Waals surface area (Å²) in [4.78, 5) is 7.03. The second kappa shape index (κ2) is 9.05.